The number of benzene rings is 1. The lowest BCUT2D eigenvalue weighted by Crippen LogP contribution is -2.55. The predicted octanol–water partition coefficient (Wildman–Crippen LogP) is 1.73. The van der Waals surface area contributed by atoms with Gasteiger partial charge < -0.3 is 10.2 Å². The van der Waals surface area contributed by atoms with E-state index in [0.717, 1.165) is 37.1 Å². The Morgan fingerprint density at radius 1 is 1.08 bits per heavy atom. The van der Waals surface area contributed by atoms with Crippen molar-refractivity contribution in [2.75, 3.05) is 26.2 Å². The zero-order chi connectivity index (χ0) is 17.3. The van der Waals surface area contributed by atoms with Crippen molar-refractivity contribution in [1.82, 2.24) is 15.1 Å². The molecular formula is C19H27N3O2. The summed E-state index contributed by atoms with van der Waals surface area (Å²) in [7, 11) is 0. The van der Waals surface area contributed by atoms with Crippen LogP contribution in [0.4, 0.5) is 0 Å². The molecule has 0 bridgehead atoms. The van der Waals surface area contributed by atoms with E-state index in [1.165, 1.54) is 5.56 Å². The normalized spacial score (nSPS) is 19.9. The molecule has 2 fully saturated rings. The zero-order valence-corrected chi connectivity index (χ0v) is 14.8. The zero-order valence-electron chi connectivity index (χ0n) is 14.8. The van der Waals surface area contributed by atoms with Crippen molar-refractivity contribution in [2.24, 2.45) is 0 Å². The summed E-state index contributed by atoms with van der Waals surface area (Å²) < 4.78 is 0. The van der Waals surface area contributed by atoms with E-state index in [0.29, 0.717) is 19.1 Å². The maximum absolute atomic E-state index is 12.7. The first-order valence-corrected chi connectivity index (χ1v) is 8.86. The van der Waals surface area contributed by atoms with E-state index >= 15 is 0 Å². The van der Waals surface area contributed by atoms with Gasteiger partial charge >= 0.3 is 0 Å². The Morgan fingerprint density at radius 3 is 2.33 bits per heavy atom. The molecule has 0 spiro atoms. The van der Waals surface area contributed by atoms with Gasteiger partial charge in [0.25, 0.3) is 5.91 Å². The molecule has 24 heavy (non-hydrogen) atoms. The van der Waals surface area contributed by atoms with Crippen LogP contribution >= 0.6 is 0 Å². The Hall–Kier alpha value is -1.88. The quantitative estimate of drug-likeness (QED) is 0.915. The summed E-state index contributed by atoms with van der Waals surface area (Å²) in [4.78, 5) is 28.9. The highest BCUT2D eigenvalue weighted by molar-refractivity contribution is 5.94. The molecule has 1 aliphatic carbocycles. The fourth-order valence-corrected chi connectivity index (χ4v) is 3.08. The molecule has 1 atom stereocenters. The number of hydrogen-bond donors (Lipinski definition) is 1. The first kappa shape index (κ1) is 17.0. The van der Waals surface area contributed by atoms with Crippen LogP contribution in [0.2, 0.25) is 0 Å². The van der Waals surface area contributed by atoms with Crippen molar-refractivity contribution in [1.29, 1.82) is 0 Å². The third kappa shape index (κ3) is 3.78. The minimum atomic E-state index is -0.121. The van der Waals surface area contributed by atoms with Gasteiger partial charge in [-0.2, -0.15) is 0 Å². The van der Waals surface area contributed by atoms with Crippen molar-refractivity contribution in [3.63, 3.8) is 0 Å². The third-order valence-corrected chi connectivity index (χ3v) is 5.21. The lowest BCUT2D eigenvalue weighted by atomic mass is 10.1. The second-order valence-electron chi connectivity index (χ2n) is 7.09. The molecule has 1 aromatic carbocycles. The molecule has 1 heterocycles. The number of piperazine rings is 1. The van der Waals surface area contributed by atoms with Gasteiger partial charge in [-0.3, -0.25) is 14.5 Å². The lowest BCUT2D eigenvalue weighted by Gasteiger charge is -2.37. The van der Waals surface area contributed by atoms with Crippen molar-refractivity contribution in [3.8, 4) is 0 Å². The standard InChI is InChI=1S/C19H27N3O2/c1-13-4-5-16(12-14(13)2)19(24)22-10-8-21(9-11-22)15(3)18(23)20-17-6-7-17/h4-5,12,15,17H,6-11H2,1-3H3,(H,20,23). The Labute approximate surface area is 144 Å². The predicted molar refractivity (Wildman–Crippen MR) is 94.0 cm³/mol. The van der Waals surface area contributed by atoms with Crippen LogP contribution in [0.5, 0.6) is 0 Å². The number of amides is 2. The van der Waals surface area contributed by atoms with E-state index in [-0.39, 0.29) is 17.9 Å². The van der Waals surface area contributed by atoms with Crippen molar-refractivity contribution in [2.45, 2.75) is 45.7 Å². The van der Waals surface area contributed by atoms with Crippen molar-refractivity contribution in [3.05, 3.63) is 34.9 Å². The van der Waals surface area contributed by atoms with Gasteiger partial charge in [0.05, 0.1) is 6.04 Å². The van der Waals surface area contributed by atoms with Crippen LogP contribution in [0, 0.1) is 13.8 Å². The first-order valence-electron chi connectivity index (χ1n) is 8.86. The number of nitrogens with zero attached hydrogens (tertiary/aromatic N) is 2. The molecule has 130 valence electrons. The minimum absolute atomic E-state index is 0.0906. The lowest BCUT2D eigenvalue weighted by molar-refractivity contribution is -0.126. The molecule has 1 aromatic rings. The summed E-state index contributed by atoms with van der Waals surface area (Å²) in [6.45, 7) is 8.88. The average Bonchev–Trinajstić information content (AvgIpc) is 3.40. The fraction of sp³-hybridized carbons (Fsp3) is 0.579. The van der Waals surface area contributed by atoms with Crippen LogP contribution in [-0.4, -0.2) is 59.9 Å². The summed E-state index contributed by atoms with van der Waals surface area (Å²) in [5.41, 5.74) is 3.10. The number of nitrogens with one attached hydrogen (secondary N) is 1. The summed E-state index contributed by atoms with van der Waals surface area (Å²) in [6.07, 6.45) is 2.22. The van der Waals surface area contributed by atoms with E-state index < -0.39 is 0 Å². The molecule has 1 saturated carbocycles. The van der Waals surface area contributed by atoms with Crippen molar-refractivity contribution < 1.29 is 9.59 Å². The van der Waals surface area contributed by atoms with Gasteiger partial charge in [-0.15, -0.1) is 0 Å². The van der Waals surface area contributed by atoms with Crippen LogP contribution < -0.4 is 5.32 Å². The van der Waals surface area contributed by atoms with E-state index in [9.17, 15) is 9.59 Å². The van der Waals surface area contributed by atoms with Crippen LogP contribution in [-0.2, 0) is 4.79 Å². The average molecular weight is 329 g/mol. The van der Waals surface area contributed by atoms with Crippen LogP contribution in [0.25, 0.3) is 0 Å². The van der Waals surface area contributed by atoms with E-state index in [4.69, 9.17) is 0 Å². The molecule has 2 amide bonds. The van der Waals surface area contributed by atoms with E-state index in [1.54, 1.807) is 0 Å². The van der Waals surface area contributed by atoms with E-state index in [2.05, 4.69) is 17.1 Å². The molecule has 5 heteroatoms. The topological polar surface area (TPSA) is 52.7 Å². The molecule has 5 nitrogen and oxygen atoms in total. The number of rotatable bonds is 4. The maximum Gasteiger partial charge on any atom is 0.253 e. The number of hydrogen-bond acceptors (Lipinski definition) is 3. The summed E-state index contributed by atoms with van der Waals surface area (Å²) in [5, 5.41) is 3.06. The SMILES string of the molecule is Cc1ccc(C(=O)N2CCN(C(C)C(=O)NC3CC3)CC2)cc1C. The van der Waals surface area contributed by atoms with Gasteiger partial charge in [0.2, 0.25) is 5.91 Å². The second-order valence-corrected chi connectivity index (χ2v) is 7.09. The monoisotopic (exact) mass is 329 g/mol. The highest BCUT2D eigenvalue weighted by atomic mass is 16.2. The molecule has 1 unspecified atom stereocenters. The molecule has 1 aliphatic heterocycles. The maximum atomic E-state index is 12.7. The molecule has 0 aromatic heterocycles. The minimum Gasteiger partial charge on any atom is -0.352 e. The molecule has 1 N–H and O–H groups in total. The number of carbonyl (C=O) groups excluding carboxylic acids is 2. The Balaban J connectivity index is 1.54. The molecule has 2 aliphatic rings. The molecule has 0 radical (unpaired) electrons. The van der Waals surface area contributed by atoms with Crippen LogP contribution in [0.3, 0.4) is 0 Å². The molecular weight excluding hydrogens is 302 g/mol. The van der Waals surface area contributed by atoms with Crippen molar-refractivity contribution >= 4 is 11.8 Å². The smallest absolute Gasteiger partial charge is 0.253 e. The van der Waals surface area contributed by atoms with Crippen LogP contribution in [0.15, 0.2) is 18.2 Å². The van der Waals surface area contributed by atoms with Gasteiger partial charge in [-0.05, 0) is 56.9 Å². The first-order chi connectivity index (χ1) is 11.5. The third-order valence-electron chi connectivity index (χ3n) is 5.21. The van der Waals surface area contributed by atoms with Crippen LogP contribution in [0.1, 0.15) is 41.3 Å². The largest absolute Gasteiger partial charge is 0.352 e. The van der Waals surface area contributed by atoms with Gasteiger partial charge in [-0.25, -0.2) is 0 Å². The summed E-state index contributed by atoms with van der Waals surface area (Å²) in [6, 6.07) is 6.15. The highest BCUT2D eigenvalue weighted by Gasteiger charge is 2.31. The number of carbonyl (C=O) groups is 2. The Morgan fingerprint density at radius 2 is 1.75 bits per heavy atom. The second kappa shape index (κ2) is 6.93. The summed E-state index contributed by atoms with van der Waals surface area (Å²) >= 11 is 0. The van der Waals surface area contributed by atoms with Gasteiger partial charge in [-0.1, -0.05) is 6.07 Å². The summed E-state index contributed by atoms with van der Waals surface area (Å²) in [5.74, 6) is 0.208. The fourth-order valence-electron chi connectivity index (χ4n) is 3.08. The van der Waals surface area contributed by atoms with Gasteiger partial charge in [0.15, 0.2) is 0 Å². The highest BCUT2D eigenvalue weighted by Crippen LogP contribution is 2.19. The van der Waals surface area contributed by atoms with Gasteiger partial charge in [0.1, 0.15) is 0 Å². The van der Waals surface area contributed by atoms with E-state index in [1.807, 2.05) is 36.9 Å². The number of aryl methyl sites for hydroxylation is 2. The Bertz CT molecular complexity index is 631. The molecule has 1 saturated heterocycles. The Kier molecular flexibility index (Phi) is 4.90. The molecule has 3 rings (SSSR count). The van der Waals surface area contributed by atoms with Gasteiger partial charge in [0, 0.05) is 37.8 Å².